The van der Waals surface area contributed by atoms with Gasteiger partial charge in [-0.1, -0.05) is 12.1 Å². The number of hydrogen-bond acceptors (Lipinski definition) is 3. The van der Waals surface area contributed by atoms with Gasteiger partial charge in [0.15, 0.2) is 11.6 Å². The summed E-state index contributed by atoms with van der Waals surface area (Å²) in [4.78, 5) is 2.19. The average molecular weight is 307 g/mol. The van der Waals surface area contributed by atoms with E-state index in [9.17, 15) is 8.78 Å². The first-order valence-corrected chi connectivity index (χ1v) is 6.61. The summed E-state index contributed by atoms with van der Waals surface area (Å²) in [5.41, 5.74) is 0.738. The number of nitrogens with zero attached hydrogens (tertiary/aromatic N) is 1. The maximum absolute atomic E-state index is 13.8. The second kappa shape index (κ2) is 8.39. The Hall–Kier alpha value is -0.910. The predicted molar refractivity (Wildman–Crippen MR) is 78.0 cm³/mol. The van der Waals surface area contributed by atoms with Crippen LogP contribution in [0.5, 0.6) is 5.75 Å². The predicted octanol–water partition coefficient (Wildman–Crippen LogP) is 2.56. The standard InChI is InChI=1S/C14H20F2N2O.ClH/c1-19-14-11(3-2-4-12(14)16)13(5-6-15)18-9-7-17-8-10-18;/h2-4,13,17H,5-10H2,1H3;1H/t13-;/m1./s1. The lowest BCUT2D eigenvalue weighted by Crippen LogP contribution is -2.45. The number of rotatable bonds is 5. The van der Waals surface area contributed by atoms with Crippen molar-refractivity contribution in [3.63, 3.8) is 0 Å². The Morgan fingerprint density at radius 1 is 1.35 bits per heavy atom. The number of methoxy groups -OCH3 is 1. The van der Waals surface area contributed by atoms with Gasteiger partial charge in [-0.15, -0.1) is 12.4 Å². The van der Waals surface area contributed by atoms with Crippen LogP contribution in [0.4, 0.5) is 8.78 Å². The van der Waals surface area contributed by atoms with Crippen molar-refractivity contribution in [3.05, 3.63) is 29.6 Å². The Labute approximate surface area is 124 Å². The summed E-state index contributed by atoms with van der Waals surface area (Å²) in [6.07, 6.45) is 0.361. The summed E-state index contributed by atoms with van der Waals surface area (Å²) in [7, 11) is 1.45. The van der Waals surface area contributed by atoms with Crippen molar-refractivity contribution in [3.8, 4) is 5.75 Å². The van der Waals surface area contributed by atoms with E-state index in [0.29, 0.717) is 6.42 Å². The number of alkyl halides is 1. The summed E-state index contributed by atoms with van der Waals surface area (Å²) in [5, 5.41) is 3.26. The Morgan fingerprint density at radius 3 is 2.65 bits per heavy atom. The molecule has 0 amide bonds. The Balaban J connectivity index is 0.00000200. The summed E-state index contributed by atoms with van der Waals surface area (Å²) in [6.45, 7) is 3.00. The van der Waals surface area contributed by atoms with E-state index in [1.54, 1.807) is 6.07 Å². The molecule has 1 saturated heterocycles. The minimum atomic E-state index is -0.422. The molecule has 0 saturated carbocycles. The van der Waals surface area contributed by atoms with E-state index in [0.717, 1.165) is 31.7 Å². The number of ether oxygens (including phenoxy) is 1. The lowest BCUT2D eigenvalue weighted by molar-refractivity contribution is 0.154. The molecule has 0 spiro atoms. The van der Waals surface area contributed by atoms with Crippen LogP contribution in [0.1, 0.15) is 18.0 Å². The van der Waals surface area contributed by atoms with E-state index in [2.05, 4.69) is 10.2 Å². The molecule has 2 rings (SSSR count). The van der Waals surface area contributed by atoms with Crippen molar-refractivity contribution < 1.29 is 13.5 Å². The lowest BCUT2D eigenvalue weighted by Gasteiger charge is -2.35. The van der Waals surface area contributed by atoms with E-state index in [-0.39, 0.29) is 30.0 Å². The Kier molecular flexibility index (Phi) is 7.19. The molecule has 1 heterocycles. The van der Waals surface area contributed by atoms with Crippen molar-refractivity contribution in [1.29, 1.82) is 0 Å². The zero-order valence-corrected chi connectivity index (χ0v) is 12.4. The smallest absolute Gasteiger partial charge is 0.165 e. The van der Waals surface area contributed by atoms with Crippen LogP contribution in [0, 0.1) is 5.82 Å². The third-order valence-electron chi connectivity index (χ3n) is 3.54. The SMILES string of the molecule is COc1c(F)cccc1[C@@H](CCF)N1CCNCC1.Cl. The van der Waals surface area contributed by atoms with E-state index >= 15 is 0 Å². The van der Waals surface area contributed by atoms with Gasteiger partial charge in [-0.25, -0.2) is 4.39 Å². The van der Waals surface area contributed by atoms with Crippen LogP contribution in [-0.2, 0) is 0 Å². The first-order valence-electron chi connectivity index (χ1n) is 6.61. The highest BCUT2D eigenvalue weighted by molar-refractivity contribution is 5.85. The monoisotopic (exact) mass is 306 g/mol. The number of piperazine rings is 1. The van der Waals surface area contributed by atoms with E-state index in [4.69, 9.17) is 4.74 Å². The van der Waals surface area contributed by atoms with Gasteiger partial charge in [-0.05, 0) is 12.5 Å². The third-order valence-corrected chi connectivity index (χ3v) is 3.54. The topological polar surface area (TPSA) is 24.5 Å². The minimum Gasteiger partial charge on any atom is -0.493 e. The third kappa shape index (κ3) is 3.81. The zero-order valence-electron chi connectivity index (χ0n) is 11.6. The van der Waals surface area contributed by atoms with Crippen molar-refractivity contribution in [2.75, 3.05) is 40.0 Å². The van der Waals surface area contributed by atoms with Gasteiger partial charge in [0.25, 0.3) is 0 Å². The molecule has 1 aromatic carbocycles. The fourth-order valence-corrected chi connectivity index (χ4v) is 2.64. The summed E-state index contributed by atoms with van der Waals surface area (Å²) in [5.74, 6) is -0.154. The maximum atomic E-state index is 13.8. The van der Waals surface area contributed by atoms with Gasteiger partial charge in [-0.3, -0.25) is 9.29 Å². The molecule has 114 valence electrons. The number of halogens is 3. The normalized spacial score (nSPS) is 17.4. The largest absolute Gasteiger partial charge is 0.493 e. The van der Waals surface area contributed by atoms with Gasteiger partial charge in [-0.2, -0.15) is 0 Å². The van der Waals surface area contributed by atoms with Crippen LogP contribution in [0.2, 0.25) is 0 Å². The highest BCUT2D eigenvalue weighted by atomic mass is 35.5. The van der Waals surface area contributed by atoms with Crippen LogP contribution in [0.25, 0.3) is 0 Å². The van der Waals surface area contributed by atoms with Gasteiger partial charge >= 0.3 is 0 Å². The molecule has 6 heteroatoms. The van der Waals surface area contributed by atoms with Crippen LogP contribution in [0.15, 0.2) is 18.2 Å². The molecule has 1 aliphatic rings. The second-order valence-corrected chi connectivity index (χ2v) is 4.64. The number of benzene rings is 1. The van der Waals surface area contributed by atoms with Crippen molar-refractivity contribution >= 4 is 12.4 Å². The average Bonchev–Trinajstić information content (AvgIpc) is 2.45. The highest BCUT2D eigenvalue weighted by Crippen LogP contribution is 2.33. The van der Waals surface area contributed by atoms with Gasteiger partial charge in [0.05, 0.1) is 13.8 Å². The fourth-order valence-electron chi connectivity index (χ4n) is 2.64. The van der Waals surface area contributed by atoms with E-state index < -0.39 is 6.67 Å². The Bertz CT molecular complexity index is 414. The quantitative estimate of drug-likeness (QED) is 0.905. The van der Waals surface area contributed by atoms with Gasteiger partial charge in [0.2, 0.25) is 0 Å². The van der Waals surface area contributed by atoms with Crippen LogP contribution < -0.4 is 10.1 Å². The molecule has 3 nitrogen and oxygen atoms in total. The molecular formula is C14H21ClF2N2O. The minimum absolute atomic E-state index is 0. The molecule has 0 unspecified atom stereocenters. The molecule has 1 fully saturated rings. The molecule has 1 atom stereocenters. The zero-order chi connectivity index (χ0) is 13.7. The molecule has 0 bridgehead atoms. The van der Waals surface area contributed by atoms with Crippen LogP contribution >= 0.6 is 12.4 Å². The van der Waals surface area contributed by atoms with Crippen molar-refractivity contribution in [2.24, 2.45) is 0 Å². The van der Waals surface area contributed by atoms with Crippen LogP contribution in [-0.4, -0.2) is 44.9 Å². The highest BCUT2D eigenvalue weighted by Gasteiger charge is 2.25. The number of hydrogen-bond donors (Lipinski definition) is 1. The molecule has 0 aromatic heterocycles. The molecule has 20 heavy (non-hydrogen) atoms. The molecular weight excluding hydrogens is 286 g/mol. The van der Waals surface area contributed by atoms with Crippen molar-refractivity contribution in [2.45, 2.75) is 12.5 Å². The number of nitrogens with one attached hydrogen (secondary N) is 1. The van der Waals surface area contributed by atoms with Crippen LogP contribution in [0.3, 0.4) is 0 Å². The summed E-state index contributed by atoms with van der Waals surface area (Å²) in [6, 6.07) is 4.72. The first kappa shape index (κ1) is 17.1. The van der Waals surface area contributed by atoms with E-state index in [1.807, 2.05) is 6.07 Å². The molecule has 1 aromatic rings. The maximum Gasteiger partial charge on any atom is 0.165 e. The van der Waals surface area contributed by atoms with Crippen molar-refractivity contribution in [1.82, 2.24) is 10.2 Å². The van der Waals surface area contributed by atoms with Gasteiger partial charge in [0, 0.05) is 37.8 Å². The fraction of sp³-hybridized carbons (Fsp3) is 0.571. The lowest BCUT2D eigenvalue weighted by atomic mass is 10.00. The molecule has 0 radical (unpaired) electrons. The Morgan fingerprint density at radius 2 is 2.05 bits per heavy atom. The first-order chi connectivity index (χ1) is 9.27. The molecule has 1 N–H and O–H groups in total. The second-order valence-electron chi connectivity index (χ2n) is 4.64. The van der Waals surface area contributed by atoms with E-state index in [1.165, 1.54) is 13.2 Å². The van der Waals surface area contributed by atoms with Gasteiger partial charge < -0.3 is 10.1 Å². The van der Waals surface area contributed by atoms with Gasteiger partial charge in [0.1, 0.15) is 0 Å². The summed E-state index contributed by atoms with van der Waals surface area (Å²) < 4.78 is 31.8. The number of para-hydroxylation sites is 1. The molecule has 1 aliphatic heterocycles. The molecule has 0 aliphatic carbocycles. The summed E-state index contributed by atoms with van der Waals surface area (Å²) >= 11 is 0.